The molecule has 0 aromatic heterocycles. The van der Waals surface area contributed by atoms with E-state index in [1.54, 1.807) is 18.2 Å². The molecule has 7 heteroatoms. The van der Waals surface area contributed by atoms with E-state index < -0.39 is 17.5 Å². The minimum atomic E-state index is -0.822. The molecule has 25 heavy (non-hydrogen) atoms. The molecular formula is C18H22ClN3O3. The Morgan fingerprint density at radius 3 is 2.68 bits per heavy atom. The third kappa shape index (κ3) is 3.49. The third-order valence-corrected chi connectivity index (χ3v) is 5.54. The van der Waals surface area contributed by atoms with Crippen molar-refractivity contribution in [2.45, 2.75) is 45.1 Å². The Balaban J connectivity index is 1.66. The van der Waals surface area contributed by atoms with Crippen LogP contribution in [-0.4, -0.2) is 34.8 Å². The minimum Gasteiger partial charge on any atom is -0.324 e. The maximum Gasteiger partial charge on any atom is 0.325 e. The fourth-order valence-corrected chi connectivity index (χ4v) is 3.61. The van der Waals surface area contributed by atoms with E-state index in [2.05, 4.69) is 17.6 Å². The van der Waals surface area contributed by atoms with Crippen LogP contribution in [0.25, 0.3) is 0 Å². The Hall–Kier alpha value is -2.08. The summed E-state index contributed by atoms with van der Waals surface area (Å²) in [5, 5.41) is 6.04. The quantitative estimate of drug-likeness (QED) is 0.810. The molecule has 2 fully saturated rings. The monoisotopic (exact) mass is 363 g/mol. The standard InChI is InChI=1S/C18H22ClN3O3/c1-11-5-7-18(8-6-11)16(24)22(17(25)21-18)10-15(23)20-13-4-3-12(2)14(19)9-13/h3-4,9,11H,5-8,10H2,1-2H3,(H,20,23)(H,21,25). The number of hydrogen-bond donors (Lipinski definition) is 2. The van der Waals surface area contributed by atoms with Crippen LogP contribution in [0.5, 0.6) is 0 Å². The number of halogens is 1. The first-order valence-corrected chi connectivity index (χ1v) is 8.89. The van der Waals surface area contributed by atoms with Gasteiger partial charge in [-0.1, -0.05) is 24.6 Å². The van der Waals surface area contributed by atoms with Gasteiger partial charge in [0.1, 0.15) is 12.1 Å². The summed E-state index contributed by atoms with van der Waals surface area (Å²) in [4.78, 5) is 38.2. The van der Waals surface area contributed by atoms with E-state index in [-0.39, 0.29) is 12.5 Å². The molecule has 0 bridgehead atoms. The summed E-state index contributed by atoms with van der Waals surface area (Å²) in [6.45, 7) is 3.71. The molecule has 4 amide bonds. The van der Waals surface area contributed by atoms with Crippen molar-refractivity contribution in [1.29, 1.82) is 0 Å². The summed E-state index contributed by atoms with van der Waals surface area (Å²) in [5.41, 5.74) is 0.618. The lowest BCUT2D eigenvalue weighted by atomic mass is 9.77. The van der Waals surface area contributed by atoms with E-state index in [4.69, 9.17) is 11.6 Å². The summed E-state index contributed by atoms with van der Waals surface area (Å²) in [6.07, 6.45) is 3.05. The SMILES string of the molecule is Cc1ccc(NC(=O)CN2C(=O)NC3(CCC(C)CC3)C2=O)cc1Cl. The van der Waals surface area contributed by atoms with Gasteiger partial charge in [0.2, 0.25) is 5.91 Å². The van der Waals surface area contributed by atoms with Crippen LogP contribution in [0.4, 0.5) is 10.5 Å². The van der Waals surface area contributed by atoms with Crippen molar-refractivity contribution in [1.82, 2.24) is 10.2 Å². The number of hydrogen-bond acceptors (Lipinski definition) is 3. The summed E-state index contributed by atoms with van der Waals surface area (Å²) in [5.74, 6) is -0.162. The molecular weight excluding hydrogens is 342 g/mol. The van der Waals surface area contributed by atoms with Crippen molar-refractivity contribution in [2.24, 2.45) is 5.92 Å². The van der Waals surface area contributed by atoms with Gasteiger partial charge >= 0.3 is 6.03 Å². The third-order valence-electron chi connectivity index (χ3n) is 5.13. The number of nitrogens with zero attached hydrogens (tertiary/aromatic N) is 1. The molecule has 6 nitrogen and oxygen atoms in total. The molecule has 1 aliphatic carbocycles. The number of benzene rings is 1. The van der Waals surface area contributed by atoms with Crippen molar-refractivity contribution in [2.75, 3.05) is 11.9 Å². The molecule has 134 valence electrons. The lowest BCUT2D eigenvalue weighted by molar-refractivity contribution is -0.135. The van der Waals surface area contributed by atoms with Crippen LogP contribution in [0, 0.1) is 12.8 Å². The molecule has 1 heterocycles. The second-order valence-electron chi connectivity index (χ2n) is 7.10. The zero-order valence-electron chi connectivity index (χ0n) is 14.4. The van der Waals surface area contributed by atoms with Crippen LogP contribution >= 0.6 is 11.6 Å². The number of nitrogens with one attached hydrogen (secondary N) is 2. The summed E-state index contributed by atoms with van der Waals surface area (Å²) < 4.78 is 0. The molecule has 1 saturated heterocycles. The molecule has 2 aliphatic rings. The second kappa shape index (κ2) is 6.67. The summed E-state index contributed by atoms with van der Waals surface area (Å²) in [6, 6.07) is 4.68. The topological polar surface area (TPSA) is 78.5 Å². The highest BCUT2D eigenvalue weighted by atomic mass is 35.5. The maximum atomic E-state index is 12.7. The fraction of sp³-hybridized carbons (Fsp3) is 0.500. The van der Waals surface area contributed by atoms with Gasteiger partial charge in [0.05, 0.1) is 0 Å². The number of imide groups is 1. The number of urea groups is 1. The number of carbonyl (C=O) groups excluding carboxylic acids is 3. The van der Waals surface area contributed by atoms with E-state index in [1.807, 2.05) is 6.92 Å². The van der Waals surface area contributed by atoms with Gasteiger partial charge in [-0.25, -0.2) is 4.79 Å². The molecule has 0 atom stereocenters. The maximum absolute atomic E-state index is 12.7. The fourth-order valence-electron chi connectivity index (χ4n) is 3.43. The number of amides is 4. The van der Waals surface area contributed by atoms with Gasteiger partial charge in [-0.2, -0.15) is 0 Å². The Bertz CT molecular complexity index is 726. The highest BCUT2D eigenvalue weighted by Crippen LogP contribution is 2.36. The number of carbonyl (C=O) groups is 3. The van der Waals surface area contributed by atoms with Gasteiger partial charge in [0.25, 0.3) is 5.91 Å². The van der Waals surface area contributed by atoms with Crippen LogP contribution in [0.2, 0.25) is 5.02 Å². The average molecular weight is 364 g/mol. The molecule has 0 unspecified atom stereocenters. The van der Waals surface area contributed by atoms with Crippen LogP contribution in [0.1, 0.15) is 38.2 Å². The highest BCUT2D eigenvalue weighted by molar-refractivity contribution is 6.31. The van der Waals surface area contributed by atoms with Crippen LogP contribution < -0.4 is 10.6 Å². The highest BCUT2D eigenvalue weighted by Gasteiger charge is 2.52. The molecule has 1 aromatic carbocycles. The Labute approximate surface area is 151 Å². The van der Waals surface area contributed by atoms with Gasteiger partial charge in [-0.05, 0) is 56.2 Å². The molecule has 1 saturated carbocycles. The molecule has 1 aromatic rings. The van der Waals surface area contributed by atoms with Crippen molar-refractivity contribution in [3.05, 3.63) is 28.8 Å². The van der Waals surface area contributed by atoms with Crippen molar-refractivity contribution < 1.29 is 14.4 Å². The van der Waals surface area contributed by atoms with Crippen molar-refractivity contribution in [3.63, 3.8) is 0 Å². The largest absolute Gasteiger partial charge is 0.325 e. The number of aryl methyl sites for hydroxylation is 1. The van der Waals surface area contributed by atoms with E-state index in [0.717, 1.165) is 23.3 Å². The predicted molar refractivity (Wildman–Crippen MR) is 95.4 cm³/mol. The smallest absolute Gasteiger partial charge is 0.324 e. The molecule has 1 aliphatic heterocycles. The molecule has 1 spiro atoms. The number of anilines is 1. The first-order chi connectivity index (χ1) is 11.8. The van der Waals surface area contributed by atoms with E-state index >= 15 is 0 Å². The number of rotatable bonds is 3. The van der Waals surface area contributed by atoms with Crippen LogP contribution in [-0.2, 0) is 9.59 Å². The van der Waals surface area contributed by atoms with Crippen molar-refractivity contribution >= 4 is 35.1 Å². The minimum absolute atomic E-state index is 0.290. The van der Waals surface area contributed by atoms with E-state index in [1.165, 1.54) is 0 Å². The zero-order chi connectivity index (χ0) is 18.2. The zero-order valence-corrected chi connectivity index (χ0v) is 15.2. The van der Waals surface area contributed by atoms with Gasteiger partial charge in [0.15, 0.2) is 0 Å². The molecule has 0 radical (unpaired) electrons. The van der Waals surface area contributed by atoms with Gasteiger partial charge in [-0.15, -0.1) is 0 Å². The molecule has 3 rings (SSSR count). The second-order valence-corrected chi connectivity index (χ2v) is 7.51. The first-order valence-electron chi connectivity index (χ1n) is 8.51. The molecule has 2 N–H and O–H groups in total. The Morgan fingerprint density at radius 1 is 1.36 bits per heavy atom. The van der Waals surface area contributed by atoms with Gasteiger partial charge < -0.3 is 10.6 Å². The predicted octanol–water partition coefficient (Wildman–Crippen LogP) is 3.09. The van der Waals surface area contributed by atoms with Crippen molar-refractivity contribution in [3.8, 4) is 0 Å². The Kier molecular flexibility index (Phi) is 4.73. The van der Waals surface area contributed by atoms with Crippen LogP contribution in [0.15, 0.2) is 18.2 Å². The summed E-state index contributed by atoms with van der Waals surface area (Å²) >= 11 is 6.04. The lowest BCUT2D eigenvalue weighted by Gasteiger charge is -2.33. The lowest BCUT2D eigenvalue weighted by Crippen LogP contribution is -2.49. The normalized spacial score (nSPS) is 26.0. The van der Waals surface area contributed by atoms with E-state index in [9.17, 15) is 14.4 Å². The first kappa shape index (κ1) is 17.7. The van der Waals surface area contributed by atoms with E-state index in [0.29, 0.717) is 29.5 Å². The Morgan fingerprint density at radius 2 is 2.04 bits per heavy atom. The van der Waals surface area contributed by atoms with Gasteiger partial charge in [-0.3, -0.25) is 14.5 Å². The average Bonchev–Trinajstić information content (AvgIpc) is 2.78. The van der Waals surface area contributed by atoms with Crippen LogP contribution in [0.3, 0.4) is 0 Å². The van der Waals surface area contributed by atoms with Gasteiger partial charge in [0, 0.05) is 10.7 Å². The summed E-state index contributed by atoms with van der Waals surface area (Å²) in [7, 11) is 0.